The molecule has 2 aromatic rings. The van der Waals surface area contributed by atoms with Gasteiger partial charge in [-0.3, -0.25) is 0 Å². The Balaban J connectivity index is 2.29. The van der Waals surface area contributed by atoms with Crippen molar-refractivity contribution in [1.29, 1.82) is 0 Å². The van der Waals surface area contributed by atoms with Crippen molar-refractivity contribution in [2.45, 2.75) is 51.6 Å². The molecule has 0 N–H and O–H groups in total. The lowest BCUT2D eigenvalue weighted by Gasteiger charge is -2.26. The van der Waals surface area contributed by atoms with Gasteiger partial charge in [-0.2, -0.15) is 0 Å². The summed E-state index contributed by atoms with van der Waals surface area (Å²) in [7, 11) is -2.56. The van der Waals surface area contributed by atoms with Gasteiger partial charge in [-0.05, 0) is 6.42 Å². The predicted molar refractivity (Wildman–Crippen MR) is 98.0 cm³/mol. The van der Waals surface area contributed by atoms with Crippen molar-refractivity contribution in [3.8, 4) is 0 Å². The van der Waals surface area contributed by atoms with Crippen molar-refractivity contribution in [3.63, 3.8) is 0 Å². The summed E-state index contributed by atoms with van der Waals surface area (Å²) in [5, 5.41) is 1.98. The van der Waals surface area contributed by atoms with Gasteiger partial charge >= 0.3 is 0 Å². The van der Waals surface area contributed by atoms with Crippen LogP contribution in [0.15, 0.2) is 60.7 Å². The normalized spacial score (nSPS) is 13.0. The highest BCUT2D eigenvalue weighted by Gasteiger charge is 2.32. The maximum Gasteiger partial charge on any atom is 0.145 e. The van der Waals surface area contributed by atoms with Crippen LogP contribution >= 0.6 is 7.14 Å². The Hall–Kier alpha value is -1.33. The molecule has 0 fully saturated rings. The van der Waals surface area contributed by atoms with Crippen LogP contribution in [0.25, 0.3) is 0 Å². The summed E-state index contributed by atoms with van der Waals surface area (Å²) in [6, 6.07) is 20.1. The van der Waals surface area contributed by atoms with Crippen LogP contribution in [0.3, 0.4) is 0 Å². The van der Waals surface area contributed by atoms with Crippen LogP contribution in [-0.2, 0) is 4.57 Å². The third kappa shape index (κ3) is 3.90. The molecule has 2 heteroatoms. The van der Waals surface area contributed by atoms with Crippen LogP contribution in [0.1, 0.15) is 46.0 Å². The average molecular weight is 314 g/mol. The Labute approximate surface area is 135 Å². The maximum absolute atomic E-state index is 14.0. The van der Waals surface area contributed by atoms with Gasteiger partial charge in [0.15, 0.2) is 0 Å². The minimum atomic E-state index is -2.56. The van der Waals surface area contributed by atoms with Gasteiger partial charge < -0.3 is 4.57 Å². The van der Waals surface area contributed by atoms with Crippen LogP contribution in [-0.4, -0.2) is 5.66 Å². The van der Waals surface area contributed by atoms with E-state index in [-0.39, 0.29) is 5.66 Å². The van der Waals surface area contributed by atoms with E-state index in [2.05, 4.69) is 13.8 Å². The summed E-state index contributed by atoms with van der Waals surface area (Å²) in [6.45, 7) is 4.38. The van der Waals surface area contributed by atoms with E-state index < -0.39 is 7.14 Å². The number of hydrogen-bond donors (Lipinski definition) is 0. The van der Waals surface area contributed by atoms with Gasteiger partial charge in [0.25, 0.3) is 0 Å². The second kappa shape index (κ2) is 8.34. The molecule has 2 aromatic carbocycles. The zero-order chi connectivity index (χ0) is 15.8. The minimum absolute atomic E-state index is 0.189. The van der Waals surface area contributed by atoms with Crippen LogP contribution in [0.5, 0.6) is 0 Å². The maximum atomic E-state index is 14.0. The van der Waals surface area contributed by atoms with Gasteiger partial charge in [-0.25, -0.2) is 0 Å². The van der Waals surface area contributed by atoms with Crippen LogP contribution in [0.4, 0.5) is 0 Å². The van der Waals surface area contributed by atoms with Crippen molar-refractivity contribution < 1.29 is 4.57 Å². The van der Waals surface area contributed by atoms with E-state index in [9.17, 15) is 4.57 Å². The number of unbranched alkanes of at least 4 members (excludes halogenated alkanes) is 3. The van der Waals surface area contributed by atoms with Crippen molar-refractivity contribution in [2.24, 2.45) is 0 Å². The Morgan fingerprint density at radius 2 is 1.32 bits per heavy atom. The third-order valence-corrected chi connectivity index (χ3v) is 8.01. The molecule has 0 radical (unpaired) electrons. The molecule has 0 spiro atoms. The molecular weight excluding hydrogens is 287 g/mol. The summed E-state index contributed by atoms with van der Waals surface area (Å²) in [6.07, 6.45) is 5.95. The minimum Gasteiger partial charge on any atom is -0.313 e. The first-order valence-corrected chi connectivity index (χ1v) is 10.2. The van der Waals surface area contributed by atoms with Gasteiger partial charge in [0, 0.05) is 16.3 Å². The van der Waals surface area contributed by atoms with Crippen LogP contribution < -0.4 is 10.6 Å². The van der Waals surface area contributed by atoms with Gasteiger partial charge in [0.05, 0.1) is 0 Å². The van der Waals surface area contributed by atoms with E-state index in [0.717, 1.165) is 17.0 Å². The zero-order valence-electron chi connectivity index (χ0n) is 13.7. The first kappa shape index (κ1) is 17.0. The second-order valence-electron chi connectivity index (χ2n) is 6.03. The van der Waals surface area contributed by atoms with E-state index in [1.165, 1.54) is 25.7 Å². The lowest BCUT2D eigenvalue weighted by molar-refractivity contribution is 0.565. The highest BCUT2D eigenvalue weighted by molar-refractivity contribution is 7.79. The van der Waals surface area contributed by atoms with Gasteiger partial charge in [0.2, 0.25) is 0 Å². The summed E-state index contributed by atoms with van der Waals surface area (Å²) in [4.78, 5) is 0. The average Bonchev–Trinajstić information content (AvgIpc) is 2.59. The number of hydrogen-bond acceptors (Lipinski definition) is 1. The van der Waals surface area contributed by atoms with Crippen LogP contribution in [0.2, 0.25) is 0 Å². The van der Waals surface area contributed by atoms with Crippen molar-refractivity contribution in [2.75, 3.05) is 0 Å². The number of benzene rings is 2. The summed E-state index contributed by atoms with van der Waals surface area (Å²) in [5.74, 6) is 0. The van der Waals surface area contributed by atoms with Crippen LogP contribution in [0, 0.1) is 0 Å². The Bertz CT molecular complexity index is 548. The van der Waals surface area contributed by atoms with E-state index in [1.54, 1.807) is 0 Å². The molecule has 0 saturated heterocycles. The molecule has 0 amide bonds. The fourth-order valence-corrected chi connectivity index (χ4v) is 6.10. The number of rotatable bonds is 8. The molecule has 0 aromatic heterocycles. The monoisotopic (exact) mass is 314 g/mol. The van der Waals surface area contributed by atoms with E-state index in [1.807, 2.05) is 60.7 Å². The predicted octanol–water partition coefficient (Wildman–Crippen LogP) is 5.36. The lowest BCUT2D eigenvalue weighted by atomic mass is 10.1. The Morgan fingerprint density at radius 1 is 0.818 bits per heavy atom. The molecule has 0 unspecified atom stereocenters. The molecule has 1 nitrogen and oxygen atoms in total. The standard InChI is InChI=1S/C20H27OP/c1-3-4-5-8-13-18(2)22(21,19-14-9-6-10-15-19)20-16-11-7-12-17-20/h6-7,9-12,14-18H,3-5,8,13H2,1-2H3/t18-/m0/s1. The molecule has 0 heterocycles. The van der Waals surface area contributed by atoms with Gasteiger partial charge in [-0.15, -0.1) is 0 Å². The smallest absolute Gasteiger partial charge is 0.145 e. The Kier molecular flexibility index (Phi) is 6.46. The largest absolute Gasteiger partial charge is 0.313 e. The first-order valence-electron chi connectivity index (χ1n) is 8.40. The second-order valence-corrected chi connectivity index (χ2v) is 9.26. The molecule has 2 rings (SSSR count). The quantitative estimate of drug-likeness (QED) is 0.473. The van der Waals surface area contributed by atoms with Crippen molar-refractivity contribution >= 4 is 17.8 Å². The fourth-order valence-electron chi connectivity index (χ4n) is 3.01. The molecular formula is C20H27OP. The molecule has 0 aliphatic carbocycles. The molecule has 0 aliphatic rings. The first-order chi connectivity index (χ1) is 10.7. The highest BCUT2D eigenvalue weighted by Crippen LogP contribution is 2.50. The lowest BCUT2D eigenvalue weighted by Crippen LogP contribution is -2.24. The molecule has 0 saturated carbocycles. The topological polar surface area (TPSA) is 17.1 Å². The third-order valence-electron chi connectivity index (χ3n) is 4.38. The summed E-state index contributed by atoms with van der Waals surface area (Å²) in [5.41, 5.74) is 0.189. The summed E-state index contributed by atoms with van der Waals surface area (Å²) < 4.78 is 14.0. The zero-order valence-corrected chi connectivity index (χ0v) is 14.6. The molecule has 0 aliphatic heterocycles. The van der Waals surface area contributed by atoms with E-state index in [0.29, 0.717) is 0 Å². The molecule has 0 bridgehead atoms. The van der Waals surface area contributed by atoms with Crippen molar-refractivity contribution in [1.82, 2.24) is 0 Å². The Morgan fingerprint density at radius 3 is 1.77 bits per heavy atom. The van der Waals surface area contributed by atoms with E-state index >= 15 is 0 Å². The van der Waals surface area contributed by atoms with E-state index in [4.69, 9.17) is 0 Å². The fraction of sp³-hybridized carbons (Fsp3) is 0.400. The molecule has 22 heavy (non-hydrogen) atoms. The molecule has 118 valence electrons. The van der Waals surface area contributed by atoms with Gasteiger partial charge in [0.1, 0.15) is 7.14 Å². The molecule has 1 atom stereocenters. The highest BCUT2D eigenvalue weighted by atomic mass is 31.2. The summed E-state index contributed by atoms with van der Waals surface area (Å²) >= 11 is 0. The SMILES string of the molecule is CCCCCC[C@H](C)P(=O)(c1ccccc1)c1ccccc1. The van der Waals surface area contributed by atoms with Gasteiger partial charge in [-0.1, -0.05) is 100 Å². The van der Waals surface area contributed by atoms with Crippen molar-refractivity contribution in [3.05, 3.63) is 60.7 Å².